The average Bonchev–Trinajstić information content (AvgIpc) is 2.96. The first kappa shape index (κ1) is 14.6. The second kappa shape index (κ2) is 5.48. The average molecular weight is 314 g/mol. The van der Waals surface area contributed by atoms with Gasteiger partial charge in [0.2, 0.25) is 0 Å². The third-order valence-corrected chi connectivity index (χ3v) is 4.74. The predicted octanol–water partition coefficient (Wildman–Crippen LogP) is 2.47. The van der Waals surface area contributed by atoms with E-state index in [9.17, 15) is 4.79 Å². The molecule has 0 fully saturated rings. The number of benzene rings is 1. The van der Waals surface area contributed by atoms with E-state index < -0.39 is 0 Å². The van der Waals surface area contributed by atoms with E-state index in [0.717, 1.165) is 10.8 Å². The van der Waals surface area contributed by atoms with Gasteiger partial charge in [-0.1, -0.05) is 29.6 Å². The van der Waals surface area contributed by atoms with Crippen LogP contribution in [-0.4, -0.2) is 30.9 Å². The number of para-hydroxylation sites is 1. The molecular formula is C16H18N4OS. The maximum absolute atomic E-state index is 12.2. The Labute approximate surface area is 133 Å². The van der Waals surface area contributed by atoms with Gasteiger partial charge in [-0.15, -0.1) is 0 Å². The third kappa shape index (κ3) is 2.36. The monoisotopic (exact) mass is 314 g/mol. The molecule has 2 heterocycles. The Hall–Kier alpha value is -2.30. The molecule has 6 heteroatoms. The number of aryl methyl sites for hydroxylation is 1. The highest BCUT2D eigenvalue weighted by Crippen LogP contribution is 2.44. The highest BCUT2D eigenvalue weighted by atomic mass is 32.2. The molecular weight excluding hydrogens is 296 g/mol. The van der Waals surface area contributed by atoms with Crippen LogP contribution in [-0.2, 0) is 7.05 Å². The Kier molecular flexibility index (Phi) is 3.64. The zero-order valence-corrected chi connectivity index (χ0v) is 13.9. The lowest BCUT2D eigenvalue weighted by molar-refractivity contribution is 0.736. The first-order chi connectivity index (χ1) is 10.5. The van der Waals surface area contributed by atoms with Gasteiger partial charge < -0.3 is 9.80 Å². The molecule has 3 rings (SSSR count). The van der Waals surface area contributed by atoms with Gasteiger partial charge in [0.25, 0.3) is 5.56 Å². The van der Waals surface area contributed by atoms with Crippen LogP contribution in [0, 0.1) is 0 Å². The van der Waals surface area contributed by atoms with Crippen LogP contribution in [0.5, 0.6) is 0 Å². The van der Waals surface area contributed by atoms with Crippen molar-refractivity contribution in [1.82, 2.24) is 9.78 Å². The van der Waals surface area contributed by atoms with Crippen LogP contribution in [0.2, 0.25) is 0 Å². The van der Waals surface area contributed by atoms with E-state index in [0.29, 0.717) is 5.56 Å². The molecule has 1 aliphatic rings. The van der Waals surface area contributed by atoms with E-state index in [4.69, 9.17) is 0 Å². The smallest absolute Gasteiger partial charge is 0.276 e. The number of anilines is 2. The van der Waals surface area contributed by atoms with Crippen molar-refractivity contribution in [3.05, 3.63) is 50.9 Å². The molecule has 0 radical (unpaired) electrons. The highest BCUT2D eigenvalue weighted by Gasteiger charge is 2.21. The molecule has 5 nitrogen and oxygen atoms in total. The number of fused-ring (bicyclic) bond motifs is 1. The Morgan fingerprint density at radius 3 is 2.68 bits per heavy atom. The predicted molar refractivity (Wildman–Crippen MR) is 92.6 cm³/mol. The number of aromatic amines is 1. The highest BCUT2D eigenvalue weighted by molar-refractivity contribution is 8.03. The van der Waals surface area contributed by atoms with E-state index in [1.165, 1.54) is 15.3 Å². The minimum atomic E-state index is -0.0556. The summed E-state index contributed by atoms with van der Waals surface area (Å²) in [6.45, 7) is 0. The second-order valence-corrected chi connectivity index (χ2v) is 6.39. The number of rotatable bonds is 2. The minimum absolute atomic E-state index is 0.0556. The van der Waals surface area contributed by atoms with Crippen molar-refractivity contribution in [2.75, 3.05) is 30.9 Å². The molecule has 0 atom stereocenters. The molecule has 1 aromatic heterocycles. The van der Waals surface area contributed by atoms with Crippen LogP contribution in [0.15, 0.2) is 44.7 Å². The van der Waals surface area contributed by atoms with Crippen molar-refractivity contribution in [2.45, 2.75) is 4.90 Å². The molecule has 1 N–H and O–H groups in total. The number of hydrogen-bond acceptors (Lipinski definition) is 4. The van der Waals surface area contributed by atoms with Crippen LogP contribution in [0.3, 0.4) is 0 Å². The number of hydrogen-bond donors (Lipinski definition) is 1. The van der Waals surface area contributed by atoms with E-state index in [1.807, 2.05) is 38.2 Å². The van der Waals surface area contributed by atoms with E-state index >= 15 is 0 Å². The molecule has 1 aromatic carbocycles. The van der Waals surface area contributed by atoms with Crippen LogP contribution < -0.4 is 15.4 Å². The molecule has 22 heavy (non-hydrogen) atoms. The van der Waals surface area contributed by atoms with Crippen LogP contribution in [0.1, 0.15) is 5.56 Å². The van der Waals surface area contributed by atoms with Crippen molar-refractivity contribution in [2.24, 2.45) is 7.05 Å². The number of nitrogens with zero attached hydrogens (tertiary/aromatic N) is 3. The first-order valence-corrected chi connectivity index (χ1v) is 7.74. The minimum Gasteiger partial charge on any atom is -0.363 e. The quantitative estimate of drug-likeness (QED) is 0.865. The summed E-state index contributed by atoms with van der Waals surface area (Å²) in [7, 11) is 7.54. The topological polar surface area (TPSA) is 44.3 Å². The van der Waals surface area contributed by atoms with Gasteiger partial charge >= 0.3 is 0 Å². The summed E-state index contributed by atoms with van der Waals surface area (Å²) < 4.78 is 1.48. The first-order valence-electron chi connectivity index (χ1n) is 6.92. The fourth-order valence-electron chi connectivity index (χ4n) is 2.39. The van der Waals surface area contributed by atoms with E-state index in [1.54, 1.807) is 24.9 Å². The van der Waals surface area contributed by atoms with Crippen molar-refractivity contribution in [3.63, 3.8) is 0 Å². The van der Waals surface area contributed by atoms with Gasteiger partial charge in [-0.05, 0) is 18.2 Å². The summed E-state index contributed by atoms with van der Waals surface area (Å²) in [5.41, 5.74) is 4.99. The van der Waals surface area contributed by atoms with Gasteiger partial charge in [0.15, 0.2) is 0 Å². The molecule has 0 spiro atoms. The lowest BCUT2D eigenvalue weighted by atomic mass is 10.3. The number of nitrogens with one attached hydrogen (secondary N) is 1. The number of thioether (sulfide) groups is 1. The van der Waals surface area contributed by atoms with Crippen molar-refractivity contribution >= 4 is 29.3 Å². The van der Waals surface area contributed by atoms with Crippen molar-refractivity contribution in [3.8, 4) is 0 Å². The lowest BCUT2D eigenvalue weighted by Crippen LogP contribution is -2.13. The SMILES string of the molecule is CN(C)c1[nH]n(C)c(=O)c1C=C=C1Sc2ccccc2N1C. The fraction of sp³-hybridized carbons (Fsp3) is 0.250. The largest absolute Gasteiger partial charge is 0.363 e. The molecule has 114 valence electrons. The summed E-state index contributed by atoms with van der Waals surface area (Å²) >= 11 is 1.66. The summed E-state index contributed by atoms with van der Waals surface area (Å²) in [6.07, 6.45) is 1.76. The Morgan fingerprint density at radius 2 is 2.00 bits per heavy atom. The van der Waals surface area contributed by atoms with Crippen molar-refractivity contribution < 1.29 is 0 Å². The lowest BCUT2D eigenvalue weighted by Gasteiger charge is -2.11. The van der Waals surface area contributed by atoms with Gasteiger partial charge in [-0.3, -0.25) is 14.6 Å². The normalized spacial score (nSPS) is 13.1. The Morgan fingerprint density at radius 1 is 1.27 bits per heavy atom. The zero-order chi connectivity index (χ0) is 15.9. The van der Waals surface area contributed by atoms with Crippen LogP contribution >= 0.6 is 11.8 Å². The summed E-state index contributed by atoms with van der Waals surface area (Å²) in [6, 6.07) is 8.22. The van der Waals surface area contributed by atoms with E-state index in [2.05, 4.69) is 27.9 Å². The van der Waals surface area contributed by atoms with Gasteiger partial charge in [0, 0.05) is 33.1 Å². The summed E-state index contributed by atoms with van der Waals surface area (Å²) in [5.74, 6) is 0.781. The van der Waals surface area contributed by atoms with Crippen LogP contribution in [0.4, 0.5) is 11.5 Å². The molecule has 0 unspecified atom stereocenters. The zero-order valence-electron chi connectivity index (χ0n) is 13.0. The second-order valence-electron chi connectivity index (χ2n) is 5.36. The Balaban J connectivity index is 2.04. The molecule has 2 aromatic rings. The van der Waals surface area contributed by atoms with Gasteiger partial charge in [0.05, 0.1) is 11.3 Å². The number of aromatic nitrogens is 2. The van der Waals surface area contributed by atoms with Crippen LogP contribution in [0.25, 0.3) is 6.08 Å². The summed E-state index contributed by atoms with van der Waals surface area (Å²) in [5, 5.41) is 4.03. The maximum Gasteiger partial charge on any atom is 0.276 e. The molecule has 0 saturated carbocycles. The molecule has 0 saturated heterocycles. The maximum atomic E-state index is 12.2. The Bertz CT molecular complexity index is 840. The standard InChI is InChI=1S/C16H18N4OS/c1-18(2)15-11(16(21)20(4)17-15)9-10-14-19(3)12-7-5-6-8-13(12)22-14/h5-9,17H,1-4H3. The van der Waals surface area contributed by atoms with Gasteiger partial charge in [-0.2, -0.15) is 0 Å². The molecule has 0 aliphatic carbocycles. The number of H-pyrrole nitrogens is 1. The van der Waals surface area contributed by atoms with Gasteiger partial charge in [0.1, 0.15) is 10.8 Å². The summed E-state index contributed by atoms with van der Waals surface area (Å²) in [4.78, 5) is 17.4. The third-order valence-electron chi connectivity index (χ3n) is 3.59. The molecule has 0 bridgehead atoms. The molecule has 1 aliphatic heterocycles. The van der Waals surface area contributed by atoms with E-state index in [-0.39, 0.29) is 5.56 Å². The molecule has 0 amide bonds. The fourth-order valence-corrected chi connectivity index (χ4v) is 3.40. The van der Waals surface area contributed by atoms with Gasteiger partial charge in [-0.25, -0.2) is 0 Å². The van der Waals surface area contributed by atoms with Crippen molar-refractivity contribution in [1.29, 1.82) is 0 Å².